The van der Waals surface area contributed by atoms with Crippen molar-refractivity contribution in [2.75, 3.05) is 55.4 Å². The van der Waals surface area contributed by atoms with Crippen molar-refractivity contribution in [3.63, 3.8) is 0 Å². The first kappa shape index (κ1) is 47.9. The Morgan fingerprint density at radius 3 is 2.41 bits per heavy atom. The molecule has 2 saturated heterocycles. The molecule has 5 aliphatic rings. The lowest BCUT2D eigenvalue weighted by Crippen LogP contribution is -2.54. The summed E-state index contributed by atoms with van der Waals surface area (Å²) in [5.74, 6) is -1.79. The zero-order chi connectivity index (χ0) is 51.0. The normalized spacial score (nSPS) is 19.5. The van der Waals surface area contributed by atoms with E-state index in [1.54, 1.807) is 43.5 Å². The number of hydrogen-bond acceptors (Lipinski definition) is 10. The van der Waals surface area contributed by atoms with Gasteiger partial charge in [-0.3, -0.25) is 53.5 Å². The summed E-state index contributed by atoms with van der Waals surface area (Å²) < 4.78 is 34.3. The first-order valence-electron chi connectivity index (χ1n) is 25.2. The van der Waals surface area contributed by atoms with Gasteiger partial charge in [0.25, 0.3) is 11.5 Å². The number of piperidine rings is 2. The van der Waals surface area contributed by atoms with Crippen LogP contribution in [0.4, 0.5) is 25.8 Å². The molecule has 2 aromatic carbocycles. The Labute approximate surface area is 421 Å². The van der Waals surface area contributed by atoms with Crippen LogP contribution in [0, 0.1) is 18.6 Å². The summed E-state index contributed by atoms with van der Waals surface area (Å²) in [7, 11) is 5.17. The van der Waals surface area contributed by atoms with Crippen molar-refractivity contribution in [2.24, 2.45) is 7.05 Å². The van der Waals surface area contributed by atoms with Gasteiger partial charge in [0.1, 0.15) is 17.5 Å². The summed E-state index contributed by atoms with van der Waals surface area (Å²) >= 11 is 0. The van der Waals surface area contributed by atoms with Gasteiger partial charge in [-0.25, -0.2) is 13.8 Å². The molecule has 4 aliphatic heterocycles. The second kappa shape index (κ2) is 18.6. The van der Waals surface area contributed by atoms with E-state index >= 15 is 4.39 Å². The molecule has 3 fully saturated rings. The Morgan fingerprint density at radius 2 is 1.73 bits per heavy atom. The number of fused-ring (bicyclic) bond motifs is 3. The molecule has 0 bridgehead atoms. The van der Waals surface area contributed by atoms with E-state index in [-0.39, 0.29) is 52.9 Å². The second-order valence-corrected chi connectivity index (χ2v) is 20.4. The highest BCUT2D eigenvalue weighted by Gasteiger charge is 2.61. The number of carbonyl (C=O) groups excluding carboxylic acids is 4. The maximum absolute atomic E-state index is 16.2. The molecular formula is C56H58F2N10O5. The summed E-state index contributed by atoms with van der Waals surface area (Å²) in [6, 6.07) is 17.4. The molecule has 2 N–H and O–H groups in total. The summed E-state index contributed by atoms with van der Waals surface area (Å²) in [6.45, 7) is 7.66. The van der Waals surface area contributed by atoms with Gasteiger partial charge in [-0.2, -0.15) is 0 Å². The van der Waals surface area contributed by atoms with Crippen LogP contribution in [0.5, 0.6) is 0 Å². The third kappa shape index (κ3) is 8.41. The second-order valence-electron chi connectivity index (χ2n) is 20.4. The molecule has 2 atom stereocenters. The number of likely N-dealkylation sites (tertiary alicyclic amines) is 1. The fourth-order valence-electron chi connectivity index (χ4n) is 11.8. The number of imide groups is 1. The van der Waals surface area contributed by atoms with Crippen LogP contribution in [0.1, 0.15) is 108 Å². The number of aryl methyl sites for hydroxylation is 2. The summed E-state index contributed by atoms with van der Waals surface area (Å²) in [5.41, 5.74) is 8.20. The predicted molar refractivity (Wildman–Crippen MR) is 275 cm³/mol. The lowest BCUT2D eigenvalue weighted by atomic mass is 9.92. The standard InChI is InChI=1S/C56H58F2N10O5/c1-32-24-37(26-41(57)51(32)36-15-22-66(23-16-36)33(2)48-27-39-45(12-19-60-52(39)64(48)5)67-31-42(58)44(59-3)28-50(67)70)54(72)63(4)38-7-8-43(61-29-38)35-13-20-65(21-14-35)30-34-6-9-46-40(25-34)56(17-18-56)55(73)68(46)47-10-11-49(69)62-53(47)71/h6-9,12,15,19,24-29,31,33,35,47,59H,10-11,13-14,16-18,20-23,30H2,1-5H3,(H,62,69,71)/t33-,47?/m0/s1. The van der Waals surface area contributed by atoms with E-state index in [2.05, 4.69) is 50.5 Å². The van der Waals surface area contributed by atoms with Crippen LogP contribution >= 0.6 is 0 Å². The molecule has 4 aromatic heterocycles. The Hall–Kier alpha value is -7.37. The fraction of sp³-hybridized carbons (Fsp3) is 0.375. The van der Waals surface area contributed by atoms with Gasteiger partial charge in [0.05, 0.1) is 34.9 Å². The van der Waals surface area contributed by atoms with E-state index in [0.29, 0.717) is 54.1 Å². The minimum Gasteiger partial charge on any atom is -0.386 e. The highest BCUT2D eigenvalue weighted by molar-refractivity contribution is 6.15. The number of aromatic nitrogens is 4. The van der Waals surface area contributed by atoms with Crippen molar-refractivity contribution in [2.45, 2.75) is 88.8 Å². The number of halogens is 2. The van der Waals surface area contributed by atoms with Gasteiger partial charge in [0, 0.05) is 105 Å². The van der Waals surface area contributed by atoms with Crippen molar-refractivity contribution in [1.82, 2.24) is 34.2 Å². The SMILES string of the molecule is CNc1cc(=O)n(-c2ccnc3c2cc([C@H](C)N2CC=C(c4c(C)cc(C(=O)N(C)c5ccc(C6CCN(Cc7ccc8c(c7)C7(CC7)C(=O)N8C7CCC(=O)NC7=O)CC6)nc5)cc4F)CC2)n3C)cc1F. The number of nitrogens with one attached hydrogen (secondary N) is 2. The molecule has 0 radical (unpaired) electrons. The van der Waals surface area contributed by atoms with Crippen LogP contribution in [-0.4, -0.2) is 98.8 Å². The summed E-state index contributed by atoms with van der Waals surface area (Å²) in [4.78, 5) is 82.5. The number of pyridine rings is 3. The van der Waals surface area contributed by atoms with E-state index in [1.165, 1.54) is 27.8 Å². The van der Waals surface area contributed by atoms with E-state index in [9.17, 15) is 28.4 Å². The smallest absolute Gasteiger partial charge is 0.258 e. The Kier molecular flexibility index (Phi) is 12.2. The molecule has 6 aromatic rings. The molecule has 4 amide bonds. The van der Waals surface area contributed by atoms with E-state index in [0.717, 1.165) is 84.5 Å². The quantitative estimate of drug-likeness (QED) is 0.125. The van der Waals surface area contributed by atoms with Crippen LogP contribution in [-0.2, 0) is 33.4 Å². The van der Waals surface area contributed by atoms with Crippen LogP contribution in [0.15, 0.2) is 90.1 Å². The van der Waals surface area contributed by atoms with Crippen LogP contribution in [0.2, 0.25) is 0 Å². The summed E-state index contributed by atoms with van der Waals surface area (Å²) in [5, 5.41) is 5.84. The minimum absolute atomic E-state index is 0.0272. The Morgan fingerprint density at radius 1 is 0.932 bits per heavy atom. The highest BCUT2D eigenvalue weighted by Crippen LogP contribution is 2.58. The molecule has 17 heteroatoms. The van der Waals surface area contributed by atoms with E-state index < -0.39 is 29.0 Å². The van der Waals surface area contributed by atoms with Crippen molar-refractivity contribution >= 4 is 57.3 Å². The van der Waals surface area contributed by atoms with Gasteiger partial charge < -0.3 is 14.8 Å². The number of benzene rings is 2. The van der Waals surface area contributed by atoms with E-state index in [1.807, 2.05) is 42.8 Å². The van der Waals surface area contributed by atoms with Crippen molar-refractivity contribution < 1.29 is 28.0 Å². The number of amides is 4. The molecule has 1 unspecified atom stereocenters. The third-order valence-corrected chi connectivity index (χ3v) is 16.2. The average molecular weight is 989 g/mol. The first-order chi connectivity index (χ1) is 35.1. The largest absolute Gasteiger partial charge is 0.386 e. The van der Waals surface area contributed by atoms with Gasteiger partial charge in [-0.05, 0) is 130 Å². The lowest BCUT2D eigenvalue weighted by molar-refractivity contribution is -0.135. The van der Waals surface area contributed by atoms with Gasteiger partial charge in [0.2, 0.25) is 17.7 Å². The van der Waals surface area contributed by atoms with Gasteiger partial charge >= 0.3 is 0 Å². The molecule has 1 aliphatic carbocycles. The molecule has 1 spiro atoms. The zero-order valence-corrected chi connectivity index (χ0v) is 41.7. The van der Waals surface area contributed by atoms with Crippen LogP contribution in [0.3, 0.4) is 0 Å². The van der Waals surface area contributed by atoms with Gasteiger partial charge in [-0.15, -0.1) is 0 Å². The van der Waals surface area contributed by atoms with Gasteiger partial charge in [0.15, 0.2) is 5.82 Å². The maximum atomic E-state index is 16.2. The topological polar surface area (TPSA) is 158 Å². The van der Waals surface area contributed by atoms with E-state index in [4.69, 9.17) is 4.98 Å². The van der Waals surface area contributed by atoms with Crippen LogP contribution < -0.4 is 26.0 Å². The number of nitrogens with zero attached hydrogens (tertiary/aromatic N) is 8. The zero-order valence-electron chi connectivity index (χ0n) is 41.7. The minimum atomic E-state index is -0.666. The molecule has 11 rings (SSSR count). The highest BCUT2D eigenvalue weighted by atomic mass is 19.1. The molecule has 376 valence electrons. The van der Waals surface area contributed by atoms with Crippen molar-refractivity contribution in [3.05, 3.63) is 147 Å². The number of carbonyl (C=O) groups is 4. The molecular weight excluding hydrogens is 931 g/mol. The van der Waals surface area contributed by atoms with Crippen molar-refractivity contribution in [3.8, 4) is 5.69 Å². The maximum Gasteiger partial charge on any atom is 0.258 e. The molecule has 8 heterocycles. The third-order valence-electron chi connectivity index (χ3n) is 16.2. The first-order valence-corrected chi connectivity index (χ1v) is 25.2. The van der Waals surface area contributed by atoms with Gasteiger partial charge in [-0.1, -0.05) is 18.2 Å². The van der Waals surface area contributed by atoms with Crippen molar-refractivity contribution in [1.29, 1.82) is 0 Å². The Bertz CT molecular complexity index is 3330. The molecule has 15 nitrogen and oxygen atoms in total. The number of anilines is 3. The number of hydrogen-bond donors (Lipinski definition) is 2. The monoisotopic (exact) mass is 988 g/mol. The fourth-order valence-corrected chi connectivity index (χ4v) is 11.8. The average Bonchev–Trinajstić information content (AvgIpc) is 4.09. The van der Waals surface area contributed by atoms with Crippen LogP contribution in [0.25, 0.3) is 22.3 Å². The predicted octanol–water partition coefficient (Wildman–Crippen LogP) is 7.44. The molecule has 73 heavy (non-hydrogen) atoms. The summed E-state index contributed by atoms with van der Waals surface area (Å²) in [6.07, 6.45) is 11.1. The Balaban J connectivity index is 0.705. The molecule has 1 saturated carbocycles. The lowest BCUT2D eigenvalue weighted by Gasteiger charge is -2.32. The number of rotatable bonds is 11.